The Morgan fingerprint density at radius 1 is 1.31 bits per heavy atom. The van der Waals surface area contributed by atoms with Gasteiger partial charge in [0.25, 0.3) is 0 Å². The summed E-state index contributed by atoms with van der Waals surface area (Å²) in [4.78, 5) is 16.3. The van der Waals surface area contributed by atoms with Crippen molar-refractivity contribution in [3.05, 3.63) is 22.2 Å². The van der Waals surface area contributed by atoms with Gasteiger partial charge in [-0.25, -0.2) is 13.1 Å². The summed E-state index contributed by atoms with van der Waals surface area (Å²) in [6, 6.07) is 3.72. The second kappa shape index (κ2) is 7.96. The van der Waals surface area contributed by atoms with E-state index in [2.05, 4.69) is 32.5 Å². The first-order valence-corrected chi connectivity index (χ1v) is 11.5. The van der Waals surface area contributed by atoms with E-state index in [1.807, 2.05) is 13.0 Å². The molecule has 26 heavy (non-hydrogen) atoms. The lowest BCUT2D eigenvalue weighted by atomic mass is 10.2. The SMILES string of the molecule is CCC(=O)N1CCc2cc(Br)c(S(=O)(=O)NCC3CCCN3CC)cc21. The number of nitrogens with zero attached hydrogens (tertiary/aromatic N) is 2. The van der Waals surface area contributed by atoms with Crippen molar-refractivity contribution in [1.82, 2.24) is 9.62 Å². The van der Waals surface area contributed by atoms with Crippen LogP contribution in [0.15, 0.2) is 21.5 Å². The van der Waals surface area contributed by atoms with Crippen LogP contribution in [-0.2, 0) is 21.2 Å². The lowest BCUT2D eigenvalue weighted by Crippen LogP contribution is -2.40. The van der Waals surface area contributed by atoms with Crippen molar-refractivity contribution in [3.8, 4) is 0 Å². The molecule has 0 bridgehead atoms. The predicted octanol–water partition coefficient (Wildman–Crippen LogP) is 2.51. The molecular formula is C18H26BrN3O3S. The van der Waals surface area contributed by atoms with Gasteiger partial charge in [0, 0.05) is 35.7 Å². The van der Waals surface area contributed by atoms with Crippen LogP contribution in [0.4, 0.5) is 5.69 Å². The van der Waals surface area contributed by atoms with Gasteiger partial charge in [-0.3, -0.25) is 9.69 Å². The third-order valence-electron chi connectivity index (χ3n) is 5.34. The van der Waals surface area contributed by atoms with E-state index >= 15 is 0 Å². The maximum Gasteiger partial charge on any atom is 0.241 e. The first-order valence-electron chi connectivity index (χ1n) is 9.23. The molecule has 1 aromatic carbocycles. The van der Waals surface area contributed by atoms with Gasteiger partial charge in [0.1, 0.15) is 0 Å². The molecule has 144 valence electrons. The number of hydrogen-bond donors (Lipinski definition) is 1. The fourth-order valence-electron chi connectivity index (χ4n) is 3.87. The van der Waals surface area contributed by atoms with Crippen molar-refractivity contribution >= 4 is 37.5 Å². The number of anilines is 1. The fourth-order valence-corrected chi connectivity index (χ4v) is 6.05. The van der Waals surface area contributed by atoms with Crippen molar-refractivity contribution in [2.75, 3.05) is 31.1 Å². The van der Waals surface area contributed by atoms with Gasteiger partial charge in [-0.05, 0) is 66.0 Å². The van der Waals surface area contributed by atoms with E-state index in [0.29, 0.717) is 24.0 Å². The Hall–Kier alpha value is -0.960. The molecule has 2 heterocycles. The number of halogens is 1. The number of amides is 1. The summed E-state index contributed by atoms with van der Waals surface area (Å²) >= 11 is 3.41. The molecule has 1 saturated heterocycles. The van der Waals surface area contributed by atoms with Gasteiger partial charge in [-0.1, -0.05) is 13.8 Å². The Morgan fingerprint density at radius 3 is 2.77 bits per heavy atom. The Balaban J connectivity index is 1.83. The highest BCUT2D eigenvalue weighted by Gasteiger charge is 2.29. The topological polar surface area (TPSA) is 69.7 Å². The van der Waals surface area contributed by atoms with E-state index in [-0.39, 0.29) is 16.8 Å². The largest absolute Gasteiger partial charge is 0.312 e. The molecule has 2 aliphatic heterocycles. The van der Waals surface area contributed by atoms with E-state index in [1.54, 1.807) is 11.0 Å². The lowest BCUT2D eigenvalue weighted by Gasteiger charge is -2.23. The van der Waals surface area contributed by atoms with Crippen molar-refractivity contribution in [3.63, 3.8) is 0 Å². The Morgan fingerprint density at radius 2 is 2.08 bits per heavy atom. The van der Waals surface area contributed by atoms with E-state index in [0.717, 1.165) is 43.6 Å². The zero-order valence-electron chi connectivity index (χ0n) is 15.3. The summed E-state index contributed by atoms with van der Waals surface area (Å²) in [5.41, 5.74) is 1.72. The molecule has 0 radical (unpaired) electrons. The smallest absolute Gasteiger partial charge is 0.241 e. The van der Waals surface area contributed by atoms with Crippen molar-refractivity contribution in [2.24, 2.45) is 0 Å². The minimum absolute atomic E-state index is 0.0203. The van der Waals surface area contributed by atoms with Crippen LogP contribution in [0.1, 0.15) is 38.7 Å². The normalized spacial score (nSPS) is 20.6. The molecular weight excluding hydrogens is 418 g/mol. The molecule has 1 atom stereocenters. The fraction of sp³-hybridized carbons (Fsp3) is 0.611. The molecule has 0 aromatic heterocycles. The highest BCUT2D eigenvalue weighted by atomic mass is 79.9. The number of nitrogens with one attached hydrogen (secondary N) is 1. The standard InChI is InChI=1S/C18H26BrN3O3S/c1-3-18(23)22-9-7-13-10-15(19)17(11-16(13)22)26(24,25)20-12-14-6-5-8-21(14)4-2/h10-11,14,20H,3-9,12H2,1-2H3. The number of sulfonamides is 1. The van der Waals surface area contributed by atoms with Gasteiger partial charge in [-0.15, -0.1) is 0 Å². The van der Waals surface area contributed by atoms with E-state index in [4.69, 9.17) is 0 Å². The number of hydrogen-bond acceptors (Lipinski definition) is 4. The van der Waals surface area contributed by atoms with Crippen LogP contribution in [0, 0.1) is 0 Å². The highest BCUT2D eigenvalue weighted by molar-refractivity contribution is 9.10. The van der Waals surface area contributed by atoms with Gasteiger partial charge in [0.15, 0.2) is 0 Å². The van der Waals surface area contributed by atoms with Crippen LogP contribution in [0.25, 0.3) is 0 Å². The molecule has 0 saturated carbocycles. The zero-order chi connectivity index (χ0) is 18.9. The summed E-state index contributed by atoms with van der Waals surface area (Å²) in [7, 11) is -3.65. The van der Waals surface area contributed by atoms with Gasteiger partial charge in [0.05, 0.1) is 4.90 Å². The van der Waals surface area contributed by atoms with Crippen LogP contribution in [0.5, 0.6) is 0 Å². The maximum absolute atomic E-state index is 12.9. The lowest BCUT2D eigenvalue weighted by molar-refractivity contribution is -0.118. The molecule has 1 aromatic rings. The summed E-state index contributed by atoms with van der Waals surface area (Å²) in [6.45, 7) is 6.90. The van der Waals surface area contributed by atoms with Crippen LogP contribution in [0.2, 0.25) is 0 Å². The minimum atomic E-state index is -3.65. The van der Waals surface area contributed by atoms with Crippen molar-refractivity contribution < 1.29 is 13.2 Å². The maximum atomic E-state index is 12.9. The molecule has 0 aliphatic carbocycles. The number of carbonyl (C=O) groups excluding carboxylic acids is 1. The number of carbonyl (C=O) groups is 1. The van der Waals surface area contributed by atoms with Crippen LogP contribution >= 0.6 is 15.9 Å². The van der Waals surface area contributed by atoms with E-state index < -0.39 is 10.0 Å². The molecule has 8 heteroatoms. The predicted molar refractivity (Wildman–Crippen MR) is 106 cm³/mol. The Labute approximate surface area is 164 Å². The van der Waals surface area contributed by atoms with Crippen LogP contribution < -0.4 is 9.62 Å². The van der Waals surface area contributed by atoms with Gasteiger partial charge in [0.2, 0.25) is 15.9 Å². The van der Waals surface area contributed by atoms with Crippen LogP contribution in [-0.4, -0.2) is 51.4 Å². The summed E-state index contributed by atoms with van der Waals surface area (Å²) in [5.74, 6) is 0.0203. The monoisotopic (exact) mass is 443 g/mol. The Kier molecular flexibility index (Phi) is 6.06. The molecule has 1 unspecified atom stereocenters. The van der Waals surface area contributed by atoms with E-state index in [9.17, 15) is 13.2 Å². The summed E-state index contributed by atoms with van der Waals surface area (Å²) in [5, 5.41) is 0. The second-order valence-corrected chi connectivity index (χ2v) is 9.43. The van der Waals surface area contributed by atoms with Crippen molar-refractivity contribution in [2.45, 2.75) is 50.5 Å². The third-order valence-corrected chi connectivity index (χ3v) is 7.72. The highest BCUT2D eigenvalue weighted by Crippen LogP contribution is 2.35. The van der Waals surface area contributed by atoms with Crippen LogP contribution in [0.3, 0.4) is 0 Å². The quantitative estimate of drug-likeness (QED) is 0.732. The van der Waals surface area contributed by atoms with Gasteiger partial charge < -0.3 is 4.90 Å². The molecule has 3 rings (SSSR count). The molecule has 2 aliphatic rings. The van der Waals surface area contributed by atoms with Crippen molar-refractivity contribution in [1.29, 1.82) is 0 Å². The van der Waals surface area contributed by atoms with Gasteiger partial charge in [-0.2, -0.15) is 0 Å². The number of rotatable bonds is 6. The number of likely N-dealkylation sites (N-methyl/N-ethyl adjacent to an activating group) is 1. The average Bonchev–Trinajstić information content (AvgIpc) is 3.24. The molecule has 1 fully saturated rings. The first kappa shape index (κ1) is 19.8. The average molecular weight is 444 g/mol. The summed E-state index contributed by atoms with van der Waals surface area (Å²) < 4.78 is 29.1. The molecule has 0 spiro atoms. The molecule has 1 N–H and O–H groups in total. The molecule has 1 amide bonds. The number of fused-ring (bicyclic) bond motifs is 1. The second-order valence-electron chi connectivity index (χ2n) is 6.84. The summed E-state index contributed by atoms with van der Waals surface area (Å²) in [6.07, 6.45) is 3.28. The van der Waals surface area contributed by atoms with E-state index in [1.165, 1.54) is 0 Å². The molecule has 6 nitrogen and oxygen atoms in total. The minimum Gasteiger partial charge on any atom is -0.312 e. The zero-order valence-corrected chi connectivity index (χ0v) is 17.7. The third kappa shape index (κ3) is 3.83. The Bertz CT molecular complexity index is 797. The van der Waals surface area contributed by atoms with Gasteiger partial charge >= 0.3 is 0 Å². The number of likely N-dealkylation sites (tertiary alicyclic amines) is 1. The number of benzene rings is 1. The first-order chi connectivity index (χ1) is 12.4.